The molecule has 0 aliphatic heterocycles. The lowest BCUT2D eigenvalue weighted by molar-refractivity contribution is 0.670. The molecule has 2 heterocycles. The Labute approximate surface area is 224 Å². The van der Waals surface area contributed by atoms with Gasteiger partial charge in [-0.15, -0.1) is 0 Å². The zero-order chi connectivity index (χ0) is 25.5. The average molecular weight is 510 g/mol. The van der Waals surface area contributed by atoms with Crippen molar-refractivity contribution >= 4 is 33.5 Å². The van der Waals surface area contributed by atoms with E-state index in [2.05, 4.69) is 24.3 Å². The summed E-state index contributed by atoms with van der Waals surface area (Å²) in [6.07, 6.45) is 0. The van der Waals surface area contributed by atoms with Crippen LogP contribution in [0.5, 0.6) is 0 Å². The van der Waals surface area contributed by atoms with Crippen LogP contribution in [0.15, 0.2) is 126 Å². The average Bonchev–Trinajstić information content (AvgIpc) is 3.37. The minimum atomic E-state index is 0.545. The Balaban J connectivity index is 1.50. The summed E-state index contributed by atoms with van der Waals surface area (Å²) in [4.78, 5) is 14.7. The molecule has 38 heavy (non-hydrogen) atoms. The second kappa shape index (κ2) is 9.25. The fourth-order valence-corrected chi connectivity index (χ4v) is 5.00. The van der Waals surface area contributed by atoms with Crippen molar-refractivity contribution < 1.29 is 4.42 Å². The molecule has 4 nitrogen and oxygen atoms in total. The van der Waals surface area contributed by atoms with Crippen LogP contribution in [0.1, 0.15) is 0 Å². The molecular formula is C33H20ClN3O. The lowest BCUT2D eigenvalue weighted by Gasteiger charge is -2.13. The number of rotatable bonds is 4. The first-order valence-corrected chi connectivity index (χ1v) is 12.7. The van der Waals surface area contributed by atoms with Gasteiger partial charge in [0.2, 0.25) is 0 Å². The topological polar surface area (TPSA) is 51.8 Å². The van der Waals surface area contributed by atoms with E-state index in [1.807, 2.05) is 97.1 Å². The number of hydrogen-bond acceptors (Lipinski definition) is 4. The molecule has 0 bridgehead atoms. The first-order chi connectivity index (χ1) is 18.7. The van der Waals surface area contributed by atoms with E-state index in [1.165, 1.54) is 0 Å². The van der Waals surface area contributed by atoms with Gasteiger partial charge in [-0.2, -0.15) is 0 Å². The quantitative estimate of drug-likeness (QED) is 0.237. The number of furan rings is 1. The summed E-state index contributed by atoms with van der Waals surface area (Å²) >= 11 is 6.56. The second-order valence-electron chi connectivity index (χ2n) is 9.01. The number of para-hydroxylation sites is 2. The highest BCUT2D eigenvalue weighted by Crippen LogP contribution is 2.40. The summed E-state index contributed by atoms with van der Waals surface area (Å²) < 4.78 is 6.36. The van der Waals surface area contributed by atoms with Crippen molar-refractivity contribution in [3.63, 3.8) is 0 Å². The van der Waals surface area contributed by atoms with E-state index >= 15 is 0 Å². The van der Waals surface area contributed by atoms with Gasteiger partial charge in [-0.1, -0.05) is 115 Å². The molecule has 2 aromatic heterocycles. The maximum Gasteiger partial charge on any atom is 0.164 e. The molecule has 0 aliphatic carbocycles. The number of fused-ring (bicyclic) bond motifs is 3. The minimum absolute atomic E-state index is 0.545. The van der Waals surface area contributed by atoms with Crippen molar-refractivity contribution in [2.45, 2.75) is 0 Å². The van der Waals surface area contributed by atoms with Crippen LogP contribution in [-0.4, -0.2) is 15.0 Å². The Bertz CT molecular complexity index is 1870. The molecule has 0 aliphatic rings. The molecule has 5 heteroatoms. The van der Waals surface area contributed by atoms with E-state index in [-0.39, 0.29) is 0 Å². The van der Waals surface area contributed by atoms with Crippen LogP contribution in [-0.2, 0) is 0 Å². The Morgan fingerprint density at radius 2 is 1.08 bits per heavy atom. The van der Waals surface area contributed by atoms with Crippen LogP contribution in [0.2, 0.25) is 5.02 Å². The third kappa shape index (κ3) is 3.92. The smallest absolute Gasteiger partial charge is 0.164 e. The zero-order valence-corrected chi connectivity index (χ0v) is 20.9. The Hall–Kier alpha value is -4.80. The largest absolute Gasteiger partial charge is 0.455 e. The van der Waals surface area contributed by atoms with E-state index in [9.17, 15) is 0 Å². The predicted molar refractivity (Wildman–Crippen MR) is 154 cm³/mol. The Kier molecular flexibility index (Phi) is 5.46. The molecule has 0 amide bonds. The fourth-order valence-electron chi connectivity index (χ4n) is 4.82. The molecule has 0 saturated carbocycles. The molecule has 0 unspecified atom stereocenters. The molecule has 7 rings (SSSR count). The summed E-state index contributed by atoms with van der Waals surface area (Å²) in [7, 11) is 0. The molecule has 5 aromatic carbocycles. The highest BCUT2D eigenvalue weighted by molar-refractivity contribution is 6.31. The Morgan fingerprint density at radius 1 is 0.474 bits per heavy atom. The first kappa shape index (κ1) is 22.4. The van der Waals surface area contributed by atoms with Crippen LogP contribution in [0.3, 0.4) is 0 Å². The van der Waals surface area contributed by atoms with Crippen molar-refractivity contribution in [3.05, 3.63) is 126 Å². The van der Waals surface area contributed by atoms with Gasteiger partial charge in [-0.25, -0.2) is 15.0 Å². The number of benzene rings is 5. The highest BCUT2D eigenvalue weighted by Gasteiger charge is 2.19. The lowest BCUT2D eigenvalue weighted by atomic mass is 9.97. The Morgan fingerprint density at radius 3 is 1.79 bits per heavy atom. The zero-order valence-electron chi connectivity index (χ0n) is 20.2. The predicted octanol–water partition coefficient (Wildman–Crippen LogP) is 9.09. The molecule has 0 saturated heterocycles. The summed E-state index contributed by atoms with van der Waals surface area (Å²) in [6, 6.07) is 40.0. The fraction of sp³-hybridized carbons (Fsp3) is 0. The molecule has 0 atom stereocenters. The molecular weight excluding hydrogens is 490 g/mol. The summed E-state index contributed by atoms with van der Waals surface area (Å²) in [5, 5.41) is 2.74. The van der Waals surface area contributed by atoms with Gasteiger partial charge in [-0.05, 0) is 23.8 Å². The van der Waals surface area contributed by atoms with E-state index in [0.29, 0.717) is 22.5 Å². The molecule has 0 spiro atoms. The normalized spacial score (nSPS) is 11.3. The van der Waals surface area contributed by atoms with E-state index in [4.69, 9.17) is 31.0 Å². The van der Waals surface area contributed by atoms with Crippen molar-refractivity contribution in [2.75, 3.05) is 0 Å². The molecule has 0 N–H and O–H groups in total. The molecule has 0 fully saturated rings. The highest BCUT2D eigenvalue weighted by atomic mass is 35.5. The first-order valence-electron chi connectivity index (χ1n) is 12.3. The van der Waals surface area contributed by atoms with Crippen LogP contribution >= 0.6 is 11.6 Å². The van der Waals surface area contributed by atoms with E-state index < -0.39 is 0 Å². The second-order valence-corrected chi connectivity index (χ2v) is 9.45. The molecule has 7 aromatic rings. The van der Waals surface area contributed by atoms with Gasteiger partial charge in [0.1, 0.15) is 11.2 Å². The lowest BCUT2D eigenvalue weighted by Crippen LogP contribution is -2.01. The summed E-state index contributed by atoms with van der Waals surface area (Å²) in [5.74, 6) is 1.74. The van der Waals surface area contributed by atoms with Gasteiger partial charge < -0.3 is 4.42 Å². The van der Waals surface area contributed by atoms with Crippen LogP contribution in [0.25, 0.3) is 67.2 Å². The monoisotopic (exact) mass is 509 g/mol. The minimum Gasteiger partial charge on any atom is -0.455 e. The third-order valence-corrected chi connectivity index (χ3v) is 6.85. The van der Waals surface area contributed by atoms with Crippen molar-refractivity contribution in [1.29, 1.82) is 0 Å². The number of hydrogen-bond donors (Lipinski definition) is 0. The standard InChI is InChI=1S/C33H20ClN3O/c34-23-18-19-24(26-15-9-16-27-25-14-7-8-17-29(25)38-30(26)27)28(20-23)33-36-31(21-10-3-1-4-11-21)35-32(37-33)22-12-5-2-6-13-22/h1-20H. The number of halogens is 1. The van der Waals surface area contributed by atoms with Gasteiger partial charge >= 0.3 is 0 Å². The van der Waals surface area contributed by atoms with Crippen molar-refractivity contribution in [1.82, 2.24) is 15.0 Å². The number of nitrogens with zero attached hydrogens (tertiary/aromatic N) is 3. The van der Waals surface area contributed by atoms with Crippen molar-refractivity contribution in [3.8, 4) is 45.3 Å². The maximum atomic E-state index is 6.56. The maximum absolute atomic E-state index is 6.56. The van der Waals surface area contributed by atoms with E-state index in [1.54, 1.807) is 0 Å². The van der Waals surface area contributed by atoms with Gasteiger partial charge in [0, 0.05) is 38.0 Å². The molecule has 0 radical (unpaired) electrons. The van der Waals surface area contributed by atoms with Crippen molar-refractivity contribution in [2.24, 2.45) is 0 Å². The van der Waals surface area contributed by atoms with Gasteiger partial charge in [0.15, 0.2) is 17.5 Å². The summed E-state index contributed by atoms with van der Waals surface area (Å²) in [6.45, 7) is 0. The number of aromatic nitrogens is 3. The van der Waals surface area contributed by atoms with Gasteiger partial charge in [0.25, 0.3) is 0 Å². The molecule has 180 valence electrons. The van der Waals surface area contributed by atoms with Gasteiger partial charge in [-0.3, -0.25) is 0 Å². The van der Waals surface area contributed by atoms with Gasteiger partial charge in [0.05, 0.1) is 0 Å². The SMILES string of the molecule is Clc1ccc(-c2cccc3c2oc2ccccc23)c(-c2nc(-c3ccccc3)nc(-c3ccccc3)n2)c1. The third-order valence-electron chi connectivity index (χ3n) is 6.62. The van der Waals surface area contributed by atoms with E-state index in [0.717, 1.165) is 49.8 Å². The van der Waals surface area contributed by atoms with Crippen LogP contribution in [0.4, 0.5) is 0 Å². The van der Waals surface area contributed by atoms with Crippen LogP contribution < -0.4 is 0 Å². The van der Waals surface area contributed by atoms with Crippen LogP contribution in [0, 0.1) is 0 Å². The summed E-state index contributed by atoms with van der Waals surface area (Å²) in [5.41, 5.74) is 6.19.